The van der Waals surface area contributed by atoms with Crippen molar-refractivity contribution in [3.05, 3.63) is 12.7 Å². The van der Waals surface area contributed by atoms with Crippen molar-refractivity contribution in [1.29, 1.82) is 0 Å². The van der Waals surface area contributed by atoms with Crippen LogP contribution in [0, 0.1) is 0 Å². The van der Waals surface area contributed by atoms with Crippen molar-refractivity contribution in [3.63, 3.8) is 0 Å². The smallest absolute Gasteiger partial charge is 0.0884 e. The van der Waals surface area contributed by atoms with Crippen molar-refractivity contribution in [2.45, 2.75) is 51.7 Å². The van der Waals surface area contributed by atoms with Gasteiger partial charge < -0.3 is 9.84 Å². The van der Waals surface area contributed by atoms with Crippen molar-refractivity contribution >= 4 is 0 Å². The normalized spacial score (nSPS) is 14.2. The van der Waals surface area contributed by atoms with Gasteiger partial charge in [0.05, 0.1) is 11.7 Å². The first-order valence-electron chi connectivity index (χ1n) is 4.97. The molecule has 0 heterocycles. The summed E-state index contributed by atoms with van der Waals surface area (Å²) in [5.41, 5.74) is -0.421. The van der Waals surface area contributed by atoms with Crippen LogP contribution in [0.25, 0.3) is 0 Å². The van der Waals surface area contributed by atoms with Gasteiger partial charge >= 0.3 is 0 Å². The third-order valence-corrected chi connectivity index (χ3v) is 2.20. The third-order valence-electron chi connectivity index (χ3n) is 2.20. The van der Waals surface area contributed by atoms with Crippen LogP contribution in [-0.2, 0) is 4.74 Å². The van der Waals surface area contributed by atoms with Gasteiger partial charge in [-0.05, 0) is 40.0 Å². The minimum absolute atomic E-state index is 0.382. The number of aliphatic hydroxyl groups excluding tert-OH is 1. The van der Waals surface area contributed by atoms with Crippen LogP contribution in [-0.4, -0.2) is 23.4 Å². The number of ether oxygens (including phenoxy) is 1. The first-order chi connectivity index (χ1) is 6.04. The number of hydrogen-bond acceptors (Lipinski definition) is 2. The summed E-state index contributed by atoms with van der Waals surface area (Å²) in [6.07, 6.45) is 4.20. The molecule has 0 aromatic carbocycles. The maximum absolute atomic E-state index is 9.78. The fourth-order valence-corrected chi connectivity index (χ4v) is 1.27. The van der Waals surface area contributed by atoms with E-state index in [1.54, 1.807) is 0 Å². The molecule has 0 aliphatic carbocycles. The molecule has 0 spiro atoms. The second-order valence-corrected chi connectivity index (χ2v) is 3.77. The highest BCUT2D eigenvalue weighted by Crippen LogP contribution is 2.19. The summed E-state index contributed by atoms with van der Waals surface area (Å²) in [6, 6.07) is 0. The predicted octanol–water partition coefficient (Wildman–Crippen LogP) is 2.52. The Hall–Kier alpha value is -0.340. The topological polar surface area (TPSA) is 29.5 Å². The highest BCUT2D eigenvalue weighted by atomic mass is 16.5. The van der Waals surface area contributed by atoms with Gasteiger partial charge in [0.1, 0.15) is 0 Å². The Morgan fingerprint density at radius 1 is 1.54 bits per heavy atom. The van der Waals surface area contributed by atoms with Gasteiger partial charge in [0.15, 0.2) is 0 Å². The van der Waals surface area contributed by atoms with Gasteiger partial charge in [0, 0.05) is 6.61 Å². The van der Waals surface area contributed by atoms with Crippen molar-refractivity contribution in [2.75, 3.05) is 6.61 Å². The van der Waals surface area contributed by atoms with E-state index in [1.807, 2.05) is 26.8 Å². The standard InChI is InChI=1S/C11H22O2/c1-5-7-8-9-10(12)11(3,4)13-6-2/h5,10,12H,1,6-9H2,2-4H3. The van der Waals surface area contributed by atoms with E-state index in [4.69, 9.17) is 4.74 Å². The molecule has 0 saturated heterocycles. The molecule has 0 aromatic heterocycles. The van der Waals surface area contributed by atoms with E-state index in [9.17, 15) is 5.11 Å². The average molecular weight is 186 g/mol. The zero-order chi connectivity index (χ0) is 10.3. The van der Waals surface area contributed by atoms with Crippen LogP contribution < -0.4 is 0 Å². The fourth-order valence-electron chi connectivity index (χ4n) is 1.27. The summed E-state index contributed by atoms with van der Waals surface area (Å²) in [5, 5.41) is 9.78. The van der Waals surface area contributed by atoms with Gasteiger partial charge in [-0.15, -0.1) is 6.58 Å². The van der Waals surface area contributed by atoms with Crippen LogP contribution in [0.2, 0.25) is 0 Å². The summed E-state index contributed by atoms with van der Waals surface area (Å²) >= 11 is 0. The second-order valence-electron chi connectivity index (χ2n) is 3.77. The van der Waals surface area contributed by atoms with Crippen molar-refractivity contribution < 1.29 is 9.84 Å². The zero-order valence-corrected chi connectivity index (χ0v) is 9.05. The summed E-state index contributed by atoms with van der Waals surface area (Å²) in [4.78, 5) is 0. The monoisotopic (exact) mass is 186 g/mol. The molecule has 0 aliphatic heterocycles. The van der Waals surface area contributed by atoms with Gasteiger partial charge in [0.25, 0.3) is 0 Å². The number of rotatable bonds is 7. The van der Waals surface area contributed by atoms with Crippen molar-refractivity contribution in [2.24, 2.45) is 0 Å². The lowest BCUT2D eigenvalue weighted by Crippen LogP contribution is -2.39. The lowest BCUT2D eigenvalue weighted by molar-refractivity contribution is -0.0989. The van der Waals surface area contributed by atoms with Gasteiger partial charge in [0.2, 0.25) is 0 Å². The van der Waals surface area contributed by atoms with E-state index in [0.717, 1.165) is 19.3 Å². The van der Waals surface area contributed by atoms with Gasteiger partial charge in [-0.2, -0.15) is 0 Å². The Kier molecular flexibility index (Phi) is 6.00. The lowest BCUT2D eigenvalue weighted by atomic mass is 9.96. The summed E-state index contributed by atoms with van der Waals surface area (Å²) in [6.45, 7) is 10.1. The van der Waals surface area contributed by atoms with Crippen LogP contribution in [0.3, 0.4) is 0 Å². The van der Waals surface area contributed by atoms with E-state index in [1.165, 1.54) is 0 Å². The number of hydrogen-bond donors (Lipinski definition) is 1. The Morgan fingerprint density at radius 2 is 2.15 bits per heavy atom. The van der Waals surface area contributed by atoms with Gasteiger partial charge in [-0.25, -0.2) is 0 Å². The lowest BCUT2D eigenvalue weighted by Gasteiger charge is -2.30. The summed E-state index contributed by atoms with van der Waals surface area (Å²) < 4.78 is 5.45. The molecule has 0 rings (SSSR count). The molecular formula is C11H22O2. The molecule has 0 bridgehead atoms. The Labute approximate surface area is 81.6 Å². The van der Waals surface area contributed by atoms with Crippen LogP contribution in [0.1, 0.15) is 40.0 Å². The van der Waals surface area contributed by atoms with Gasteiger partial charge in [-0.1, -0.05) is 6.08 Å². The van der Waals surface area contributed by atoms with Crippen LogP contribution >= 0.6 is 0 Å². The minimum atomic E-state index is -0.421. The zero-order valence-electron chi connectivity index (χ0n) is 9.05. The highest BCUT2D eigenvalue weighted by molar-refractivity contribution is 4.79. The van der Waals surface area contributed by atoms with E-state index in [2.05, 4.69) is 6.58 Å². The molecule has 78 valence electrons. The van der Waals surface area contributed by atoms with E-state index < -0.39 is 5.60 Å². The summed E-state index contributed by atoms with van der Waals surface area (Å²) in [5.74, 6) is 0. The first kappa shape index (κ1) is 12.7. The molecule has 1 atom stereocenters. The maximum Gasteiger partial charge on any atom is 0.0884 e. The number of unbranched alkanes of at least 4 members (excludes halogenated alkanes) is 1. The Bertz CT molecular complexity index is 141. The summed E-state index contributed by atoms with van der Waals surface area (Å²) in [7, 11) is 0. The van der Waals surface area contributed by atoms with Gasteiger partial charge in [-0.3, -0.25) is 0 Å². The van der Waals surface area contributed by atoms with Crippen LogP contribution in [0.5, 0.6) is 0 Å². The molecule has 13 heavy (non-hydrogen) atoms. The molecule has 0 saturated carbocycles. The Morgan fingerprint density at radius 3 is 2.62 bits per heavy atom. The average Bonchev–Trinajstić information content (AvgIpc) is 2.04. The maximum atomic E-state index is 9.78. The molecular weight excluding hydrogens is 164 g/mol. The SMILES string of the molecule is C=CCCCC(O)C(C)(C)OCC. The Balaban J connectivity index is 3.78. The largest absolute Gasteiger partial charge is 0.390 e. The highest BCUT2D eigenvalue weighted by Gasteiger charge is 2.27. The predicted molar refractivity (Wildman–Crippen MR) is 55.8 cm³/mol. The number of aliphatic hydroxyl groups is 1. The van der Waals surface area contributed by atoms with Crippen LogP contribution in [0.4, 0.5) is 0 Å². The second kappa shape index (κ2) is 6.17. The molecule has 1 N–H and O–H groups in total. The molecule has 0 fully saturated rings. The van der Waals surface area contributed by atoms with E-state index >= 15 is 0 Å². The molecule has 0 radical (unpaired) electrons. The molecule has 2 heteroatoms. The molecule has 2 nitrogen and oxygen atoms in total. The van der Waals surface area contributed by atoms with Crippen molar-refractivity contribution in [1.82, 2.24) is 0 Å². The van der Waals surface area contributed by atoms with Crippen LogP contribution in [0.15, 0.2) is 12.7 Å². The van der Waals surface area contributed by atoms with E-state index in [0.29, 0.717) is 6.61 Å². The van der Waals surface area contributed by atoms with Crippen molar-refractivity contribution in [3.8, 4) is 0 Å². The first-order valence-corrected chi connectivity index (χ1v) is 4.97. The molecule has 0 aromatic rings. The minimum Gasteiger partial charge on any atom is -0.390 e. The third kappa shape index (κ3) is 5.06. The molecule has 0 aliphatic rings. The fraction of sp³-hybridized carbons (Fsp3) is 0.818. The van der Waals surface area contributed by atoms with E-state index in [-0.39, 0.29) is 6.10 Å². The number of allylic oxidation sites excluding steroid dienone is 1. The quantitative estimate of drug-likeness (QED) is 0.489. The molecule has 0 amide bonds. The molecule has 1 unspecified atom stereocenters.